The summed E-state index contributed by atoms with van der Waals surface area (Å²) in [6.45, 7) is 6.05. The summed E-state index contributed by atoms with van der Waals surface area (Å²) in [5, 5.41) is 15.9. The van der Waals surface area contributed by atoms with E-state index < -0.39 is 0 Å². The lowest BCUT2D eigenvalue weighted by Crippen LogP contribution is -2.45. The van der Waals surface area contributed by atoms with E-state index in [1.54, 1.807) is 0 Å². The van der Waals surface area contributed by atoms with Gasteiger partial charge >= 0.3 is 0 Å². The molecule has 2 heterocycles. The summed E-state index contributed by atoms with van der Waals surface area (Å²) < 4.78 is 2.03. The molecule has 2 fully saturated rings. The minimum absolute atomic E-state index is 0. The second kappa shape index (κ2) is 7.59. The number of hydrogen-bond acceptors (Lipinski definition) is 5. The van der Waals surface area contributed by atoms with Crippen LogP contribution in [0.4, 0.5) is 0 Å². The predicted molar refractivity (Wildman–Crippen MR) is 95.2 cm³/mol. The van der Waals surface area contributed by atoms with Crippen molar-refractivity contribution in [3.05, 3.63) is 41.2 Å². The molecule has 0 radical (unpaired) electrons. The van der Waals surface area contributed by atoms with E-state index in [4.69, 9.17) is 0 Å². The van der Waals surface area contributed by atoms with Gasteiger partial charge in [-0.15, -0.1) is 17.5 Å². The van der Waals surface area contributed by atoms with Crippen LogP contribution in [0, 0.1) is 0 Å². The zero-order valence-electron chi connectivity index (χ0n) is 14.1. The molecule has 1 saturated carbocycles. The van der Waals surface area contributed by atoms with Gasteiger partial charge in [-0.25, -0.2) is 4.68 Å². The Bertz CT molecular complexity index is 651. The molecule has 1 saturated heterocycles. The molecular formula is C17H25ClN6. The van der Waals surface area contributed by atoms with Gasteiger partial charge in [0.25, 0.3) is 0 Å². The molecule has 2 aromatic rings. The van der Waals surface area contributed by atoms with Gasteiger partial charge in [-0.05, 0) is 40.8 Å². The lowest BCUT2D eigenvalue weighted by atomic mass is 10.0. The average Bonchev–Trinajstić information content (AvgIpc) is 3.35. The Morgan fingerprint density at radius 1 is 1.21 bits per heavy atom. The fourth-order valence-electron chi connectivity index (χ4n) is 3.34. The molecule has 1 N–H and O–H groups in total. The Labute approximate surface area is 149 Å². The maximum atomic E-state index is 4.27. The topological polar surface area (TPSA) is 58.9 Å². The third kappa shape index (κ3) is 3.61. The number of nitrogens with one attached hydrogen (secondary N) is 1. The summed E-state index contributed by atoms with van der Waals surface area (Å²) in [5.74, 6) is 1.00. The van der Waals surface area contributed by atoms with Crippen LogP contribution in [0.15, 0.2) is 24.3 Å². The van der Waals surface area contributed by atoms with Crippen LogP contribution in [-0.2, 0) is 13.0 Å². The second-order valence-electron chi connectivity index (χ2n) is 6.56. The highest BCUT2D eigenvalue weighted by molar-refractivity contribution is 5.85. The number of rotatable bonds is 5. The van der Waals surface area contributed by atoms with Gasteiger partial charge in [0.05, 0.1) is 12.6 Å². The van der Waals surface area contributed by atoms with E-state index in [2.05, 4.69) is 56.9 Å². The predicted octanol–water partition coefficient (Wildman–Crippen LogP) is 2.14. The highest BCUT2D eigenvalue weighted by atomic mass is 35.5. The molecule has 130 valence electrons. The minimum Gasteiger partial charge on any atom is -0.314 e. The minimum atomic E-state index is 0. The van der Waals surface area contributed by atoms with Crippen molar-refractivity contribution in [2.75, 3.05) is 19.6 Å². The second-order valence-corrected chi connectivity index (χ2v) is 6.56. The molecule has 1 aromatic heterocycles. The highest BCUT2D eigenvalue weighted by Crippen LogP contribution is 2.35. The van der Waals surface area contributed by atoms with Gasteiger partial charge in [0, 0.05) is 25.7 Å². The van der Waals surface area contributed by atoms with E-state index in [0.717, 1.165) is 38.4 Å². The number of aryl methyl sites for hydroxylation is 1. The third-order valence-electron chi connectivity index (χ3n) is 4.93. The molecule has 0 bridgehead atoms. The fourth-order valence-corrected chi connectivity index (χ4v) is 3.34. The molecule has 1 aliphatic carbocycles. The summed E-state index contributed by atoms with van der Waals surface area (Å²) >= 11 is 0. The highest BCUT2D eigenvalue weighted by Gasteiger charge is 2.30. The lowest BCUT2D eigenvalue weighted by Gasteiger charge is -2.36. The molecule has 7 heteroatoms. The number of piperazine rings is 1. The maximum absolute atomic E-state index is 4.27. The SMILES string of the molecule is CCc1ccc(C2CNCCN2Cc2nnnn2C2CC2)cc1.Cl. The zero-order valence-corrected chi connectivity index (χ0v) is 14.9. The molecule has 1 atom stereocenters. The van der Waals surface area contributed by atoms with E-state index in [-0.39, 0.29) is 12.4 Å². The summed E-state index contributed by atoms with van der Waals surface area (Å²) in [6, 6.07) is 9.96. The van der Waals surface area contributed by atoms with Gasteiger partial charge in [-0.2, -0.15) is 0 Å². The van der Waals surface area contributed by atoms with Gasteiger partial charge in [-0.3, -0.25) is 4.90 Å². The average molecular weight is 349 g/mol. The van der Waals surface area contributed by atoms with Crippen LogP contribution in [0.5, 0.6) is 0 Å². The maximum Gasteiger partial charge on any atom is 0.165 e. The summed E-state index contributed by atoms with van der Waals surface area (Å²) in [4.78, 5) is 2.50. The first kappa shape index (κ1) is 17.3. The van der Waals surface area contributed by atoms with E-state index in [9.17, 15) is 0 Å². The van der Waals surface area contributed by atoms with Gasteiger partial charge in [0.15, 0.2) is 5.82 Å². The molecular weight excluding hydrogens is 324 g/mol. The number of tetrazole rings is 1. The first-order chi connectivity index (χ1) is 11.3. The summed E-state index contributed by atoms with van der Waals surface area (Å²) in [7, 11) is 0. The molecule has 1 aromatic carbocycles. The summed E-state index contributed by atoms with van der Waals surface area (Å²) in [5.41, 5.74) is 2.77. The summed E-state index contributed by atoms with van der Waals surface area (Å²) in [6.07, 6.45) is 3.51. The standard InChI is InChI=1S/C17H24N6.ClH/c1-2-13-3-5-14(6-4-13)16-11-18-9-10-22(16)12-17-19-20-21-23(17)15-7-8-15;/h3-6,15-16,18H,2,7-12H2,1H3;1H. The van der Waals surface area contributed by atoms with Crippen molar-refractivity contribution in [2.45, 2.75) is 44.8 Å². The Morgan fingerprint density at radius 2 is 2.00 bits per heavy atom. The number of aromatic nitrogens is 4. The molecule has 24 heavy (non-hydrogen) atoms. The van der Waals surface area contributed by atoms with Crippen LogP contribution in [0.2, 0.25) is 0 Å². The lowest BCUT2D eigenvalue weighted by molar-refractivity contribution is 0.147. The molecule has 0 spiro atoms. The fraction of sp³-hybridized carbons (Fsp3) is 0.588. The Morgan fingerprint density at radius 3 is 2.71 bits per heavy atom. The smallest absolute Gasteiger partial charge is 0.165 e. The number of benzene rings is 1. The zero-order chi connectivity index (χ0) is 15.6. The van der Waals surface area contributed by atoms with Crippen molar-refractivity contribution in [1.29, 1.82) is 0 Å². The normalized spacial score (nSPS) is 21.5. The monoisotopic (exact) mass is 348 g/mol. The van der Waals surface area contributed by atoms with Gasteiger partial charge in [0.2, 0.25) is 0 Å². The van der Waals surface area contributed by atoms with E-state index in [1.807, 2.05) is 4.68 Å². The first-order valence-corrected chi connectivity index (χ1v) is 8.65. The first-order valence-electron chi connectivity index (χ1n) is 8.65. The van der Waals surface area contributed by atoms with Gasteiger partial charge < -0.3 is 5.32 Å². The van der Waals surface area contributed by atoms with Crippen LogP contribution in [0.25, 0.3) is 0 Å². The number of nitrogens with zero attached hydrogens (tertiary/aromatic N) is 5. The van der Waals surface area contributed by atoms with Crippen LogP contribution < -0.4 is 5.32 Å². The van der Waals surface area contributed by atoms with Crippen molar-refractivity contribution in [3.63, 3.8) is 0 Å². The van der Waals surface area contributed by atoms with Crippen molar-refractivity contribution in [1.82, 2.24) is 30.4 Å². The molecule has 2 aliphatic rings. The number of hydrogen-bond donors (Lipinski definition) is 1. The van der Waals surface area contributed by atoms with E-state index in [0.29, 0.717) is 12.1 Å². The quantitative estimate of drug-likeness (QED) is 0.897. The van der Waals surface area contributed by atoms with Gasteiger partial charge in [0.1, 0.15) is 0 Å². The van der Waals surface area contributed by atoms with Crippen LogP contribution in [0.3, 0.4) is 0 Å². The third-order valence-corrected chi connectivity index (χ3v) is 4.93. The Kier molecular flexibility index (Phi) is 5.48. The van der Waals surface area contributed by atoms with Crippen LogP contribution >= 0.6 is 12.4 Å². The van der Waals surface area contributed by atoms with E-state index >= 15 is 0 Å². The van der Waals surface area contributed by atoms with Crippen molar-refractivity contribution in [3.8, 4) is 0 Å². The molecule has 6 nitrogen and oxygen atoms in total. The van der Waals surface area contributed by atoms with Crippen LogP contribution in [-0.4, -0.2) is 44.7 Å². The van der Waals surface area contributed by atoms with Gasteiger partial charge in [-0.1, -0.05) is 31.2 Å². The molecule has 0 amide bonds. The van der Waals surface area contributed by atoms with Crippen LogP contribution in [0.1, 0.15) is 48.8 Å². The van der Waals surface area contributed by atoms with Crippen molar-refractivity contribution < 1.29 is 0 Å². The molecule has 1 unspecified atom stereocenters. The Hall–Kier alpha value is -1.50. The van der Waals surface area contributed by atoms with Crippen molar-refractivity contribution >= 4 is 12.4 Å². The molecule has 4 rings (SSSR count). The van der Waals surface area contributed by atoms with E-state index in [1.165, 1.54) is 24.0 Å². The molecule has 1 aliphatic heterocycles. The van der Waals surface area contributed by atoms with Crippen molar-refractivity contribution in [2.24, 2.45) is 0 Å². The Balaban J connectivity index is 0.00000169. The largest absolute Gasteiger partial charge is 0.314 e. The number of halogens is 1.